The van der Waals surface area contributed by atoms with Crippen molar-refractivity contribution in [1.82, 2.24) is 9.55 Å². The van der Waals surface area contributed by atoms with Crippen molar-refractivity contribution in [2.45, 2.75) is 38.6 Å². The monoisotopic (exact) mass is 241 g/mol. The Bertz CT molecular complexity index is 557. The fourth-order valence-corrected chi connectivity index (χ4v) is 2.97. The van der Waals surface area contributed by atoms with E-state index in [4.69, 9.17) is 5.73 Å². The van der Waals surface area contributed by atoms with Gasteiger partial charge in [-0.05, 0) is 42.5 Å². The van der Waals surface area contributed by atoms with Crippen LogP contribution >= 0.6 is 0 Å². The van der Waals surface area contributed by atoms with Crippen LogP contribution in [-0.2, 0) is 12.8 Å². The zero-order valence-electron chi connectivity index (χ0n) is 10.8. The molecule has 1 aliphatic carbocycles. The van der Waals surface area contributed by atoms with Gasteiger partial charge in [0.2, 0.25) is 0 Å². The maximum atomic E-state index is 5.85. The lowest BCUT2D eigenvalue weighted by atomic mass is 10.1. The van der Waals surface area contributed by atoms with Gasteiger partial charge < -0.3 is 10.3 Å². The van der Waals surface area contributed by atoms with Crippen LogP contribution in [0, 0.1) is 0 Å². The van der Waals surface area contributed by atoms with Crippen molar-refractivity contribution in [3.05, 3.63) is 47.5 Å². The number of nitrogens with zero attached hydrogens (tertiary/aromatic N) is 2. The van der Waals surface area contributed by atoms with Crippen LogP contribution in [0.2, 0.25) is 0 Å². The van der Waals surface area contributed by atoms with Gasteiger partial charge in [0.05, 0.1) is 12.4 Å². The summed E-state index contributed by atoms with van der Waals surface area (Å²) in [7, 11) is 0. The van der Waals surface area contributed by atoms with Crippen LogP contribution in [0.3, 0.4) is 0 Å². The first-order valence-electron chi connectivity index (χ1n) is 6.68. The van der Waals surface area contributed by atoms with Crippen molar-refractivity contribution in [2.75, 3.05) is 5.73 Å². The summed E-state index contributed by atoms with van der Waals surface area (Å²) in [5.74, 6) is 0. The van der Waals surface area contributed by atoms with E-state index < -0.39 is 0 Å². The van der Waals surface area contributed by atoms with Crippen molar-refractivity contribution in [2.24, 2.45) is 0 Å². The highest BCUT2D eigenvalue weighted by molar-refractivity contribution is 5.48. The van der Waals surface area contributed by atoms with Crippen LogP contribution in [0.4, 0.5) is 5.69 Å². The number of fused-ring (bicyclic) bond motifs is 1. The molecule has 18 heavy (non-hydrogen) atoms. The number of nitrogens with two attached hydrogens (primary N) is 1. The summed E-state index contributed by atoms with van der Waals surface area (Å²) < 4.78 is 2.34. The van der Waals surface area contributed by atoms with Gasteiger partial charge in [0.15, 0.2) is 0 Å². The molecule has 1 atom stereocenters. The molecular weight excluding hydrogens is 222 g/mol. The molecule has 1 aliphatic rings. The van der Waals surface area contributed by atoms with Crippen molar-refractivity contribution in [3.63, 3.8) is 0 Å². The molecule has 94 valence electrons. The predicted octanol–water partition coefficient (Wildman–Crippen LogP) is 2.95. The van der Waals surface area contributed by atoms with E-state index in [1.807, 2.05) is 18.6 Å². The van der Waals surface area contributed by atoms with Gasteiger partial charge in [-0.3, -0.25) is 0 Å². The van der Waals surface area contributed by atoms with Crippen molar-refractivity contribution >= 4 is 5.69 Å². The lowest BCUT2D eigenvalue weighted by molar-refractivity contribution is 0.555. The van der Waals surface area contributed by atoms with Crippen molar-refractivity contribution in [1.29, 1.82) is 0 Å². The molecule has 0 saturated carbocycles. The van der Waals surface area contributed by atoms with Crippen molar-refractivity contribution in [3.8, 4) is 0 Å². The third-order valence-electron chi connectivity index (χ3n) is 3.80. The lowest BCUT2D eigenvalue weighted by Crippen LogP contribution is -2.09. The Morgan fingerprint density at radius 2 is 2.33 bits per heavy atom. The van der Waals surface area contributed by atoms with Gasteiger partial charge >= 0.3 is 0 Å². The molecule has 0 fully saturated rings. The Labute approximate surface area is 108 Å². The summed E-state index contributed by atoms with van der Waals surface area (Å²) in [5, 5.41) is 0. The predicted molar refractivity (Wildman–Crippen MR) is 73.5 cm³/mol. The molecule has 0 radical (unpaired) electrons. The number of rotatable bonds is 3. The van der Waals surface area contributed by atoms with E-state index in [0.717, 1.165) is 31.4 Å². The number of anilines is 1. The molecule has 0 saturated heterocycles. The zero-order chi connectivity index (χ0) is 12.5. The highest BCUT2D eigenvalue weighted by atomic mass is 15.1. The normalized spacial score (nSPS) is 17.9. The Morgan fingerprint density at radius 1 is 1.44 bits per heavy atom. The molecule has 1 aromatic carbocycles. The molecule has 0 amide bonds. The largest absolute Gasteiger partial charge is 0.399 e. The van der Waals surface area contributed by atoms with E-state index in [2.05, 4.69) is 28.6 Å². The van der Waals surface area contributed by atoms with E-state index in [9.17, 15) is 0 Å². The first-order chi connectivity index (χ1) is 8.79. The van der Waals surface area contributed by atoms with Gasteiger partial charge in [-0.1, -0.05) is 19.4 Å². The number of aromatic nitrogens is 2. The standard InChI is InChI=1S/C15H19N3/c1-2-3-13-9-17-10-18(13)15-7-4-11-8-12(16)5-6-14(11)15/h5-6,8-10,15H,2-4,7,16H2,1H3. The topological polar surface area (TPSA) is 43.8 Å². The first-order valence-corrected chi connectivity index (χ1v) is 6.68. The molecule has 1 aromatic heterocycles. The maximum Gasteiger partial charge on any atom is 0.0953 e. The SMILES string of the molecule is CCCc1cncn1C1CCc2cc(N)ccc21. The van der Waals surface area contributed by atoms with Crippen molar-refractivity contribution < 1.29 is 0 Å². The highest BCUT2D eigenvalue weighted by Crippen LogP contribution is 2.36. The average molecular weight is 241 g/mol. The molecule has 2 N–H and O–H groups in total. The van der Waals surface area contributed by atoms with E-state index >= 15 is 0 Å². The summed E-state index contributed by atoms with van der Waals surface area (Å²) in [6, 6.07) is 6.75. The summed E-state index contributed by atoms with van der Waals surface area (Å²) in [6.07, 6.45) is 8.51. The number of hydrogen-bond acceptors (Lipinski definition) is 2. The number of hydrogen-bond donors (Lipinski definition) is 1. The molecule has 0 bridgehead atoms. The van der Waals surface area contributed by atoms with E-state index in [-0.39, 0.29) is 0 Å². The Balaban J connectivity index is 1.98. The minimum atomic E-state index is 0.449. The molecule has 3 heteroatoms. The Hall–Kier alpha value is -1.77. The van der Waals surface area contributed by atoms with Gasteiger partial charge in [0, 0.05) is 17.6 Å². The van der Waals surface area contributed by atoms with Crippen LogP contribution in [0.15, 0.2) is 30.7 Å². The Morgan fingerprint density at radius 3 is 3.17 bits per heavy atom. The number of aryl methyl sites for hydroxylation is 2. The minimum Gasteiger partial charge on any atom is -0.399 e. The molecule has 3 rings (SSSR count). The van der Waals surface area contributed by atoms with Gasteiger partial charge in [-0.25, -0.2) is 4.98 Å². The third-order valence-corrected chi connectivity index (χ3v) is 3.80. The summed E-state index contributed by atoms with van der Waals surface area (Å²) in [6.45, 7) is 2.21. The number of nitrogen functional groups attached to an aromatic ring is 1. The lowest BCUT2D eigenvalue weighted by Gasteiger charge is -2.17. The molecule has 0 aliphatic heterocycles. The zero-order valence-corrected chi connectivity index (χ0v) is 10.8. The number of imidazole rings is 1. The summed E-state index contributed by atoms with van der Waals surface area (Å²) in [5.41, 5.74) is 10.9. The third kappa shape index (κ3) is 1.80. The van der Waals surface area contributed by atoms with Crippen LogP contribution in [0.25, 0.3) is 0 Å². The van der Waals surface area contributed by atoms with Crippen LogP contribution in [0.5, 0.6) is 0 Å². The van der Waals surface area contributed by atoms with Crippen LogP contribution in [-0.4, -0.2) is 9.55 Å². The van der Waals surface area contributed by atoms with Gasteiger partial charge in [-0.15, -0.1) is 0 Å². The molecule has 2 aromatic rings. The molecule has 1 unspecified atom stereocenters. The molecule has 1 heterocycles. The van der Waals surface area contributed by atoms with Gasteiger partial charge in [0.1, 0.15) is 0 Å². The average Bonchev–Trinajstić information content (AvgIpc) is 2.95. The first kappa shape index (κ1) is 11.3. The maximum absolute atomic E-state index is 5.85. The fraction of sp³-hybridized carbons (Fsp3) is 0.400. The van der Waals surface area contributed by atoms with Crippen LogP contribution < -0.4 is 5.73 Å². The second-order valence-electron chi connectivity index (χ2n) is 5.05. The summed E-state index contributed by atoms with van der Waals surface area (Å²) in [4.78, 5) is 4.31. The molecular formula is C15H19N3. The van der Waals surface area contributed by atoms with Gasteiger partial charge in [-0.2, -0.15) is 0 Å². The minimum absolute atomic E-state index is 0.449. The molecule has 3 nitrogen and oxygen atoms in total. The number of benzene rings is 1. The Kier molecular flexibility index (Phi) is 2.82. The smallest absolute Gasteiger partial charge is 0.0953 e. The van der Waals surface area contributed by atoms with Crippen LogP contribution in [0.1, 0.15) is 42.6 Å². The van der Waals surface area contributed by atoms with Gasteiger partial charge in [0.25, 0.3) is 0 Å². The summed E-state index contributed by atoms with van der Waals surface area (Å²) >= 11 is 0. The second-order valence-corrected chi connectivity index (χ2v) is 5.05. The second kappa shape index (κ2) is 4.48. The molecule has 0 spiro atoms. The quantitative estimate of drug-likeness (QED) is 0.840. The van der Waals surface area contributed by atoms with E-state index in [1.54, 1.807) is 0 Å². The highest BCUT2D eigenvalue weighted by Gasteiger charge is 2.24. The fourth-order valence-electron chi connectivity index (χ4n) is 2.97. The van der Waals surface area contributed by atoms with E-state index in [1.165, 1.54) is 16.8 Å². The van der Waals surface area contributed by atoms with E-state index in [0.29, 0.717) is 6.04 Å².